The van der Waals surface area contributed by atoms with Gasteiger partial charge in [-0.3, -0.25) is 4.79 Å². The highest BCUT2D eigenvalue weighted by atomic mass is 16.5. The lowest BCUT2D eigenvalue weighted by molar-refractivity contribution is -0.131. The number of aromatic nitrogens is 1. The first kappa shape index (κ1) is 23.2. The molecule has 0 spiro atoms. The minimum absolute atomic E-state index is 0.0542. The Morgan fingerprint density at radius 2 is 1.84 bits per heavy atom. The summed E-state index contributed by atoms with van der Waals surface area (Å²) in [6.45, 7) is 2.59. The Hall–Kier alpha value is -4.26. The van der Waals surface area contributed by atoms with Crippen molar-refractivity contribution < 1.29 is 19.1 Å². The summed E-state index contributed by atoms with van der Waals surface area (Å²) < 4.78 is 10.8. The molecule has 2 aliphatic heterocycles. The van der Waals surface area contributed by atoms with E-state index in [1.54, 1.807) is 7.11 Å². The van der Waals surface area contributed by atoms with E-state index in [0.29, 0.717) is 30.8 Å². The molecule has 188 valence electrons. The van der Waals surface area contributed by atoms with Crippen molar-refractivity contribution in [2.24, 2.45) is 0 Å². The van der Waals surface area contributed by atoms with E-state index in [-0.39, 0.29) is 12.1 Å². The van der Waals surface area contributed by atoms with Crippen LogP contribution < -0.4 is 10.1 Å². The van der Waals surface area contributed by atoms with Crippen LogP contribution >= 0.6 is 0 Å². The molecule has 1 fully saturated rings. The molecule has 2 atom stereocenters. The molecule has 1 saturated heterocycles. The van der Waals surface area contributed by atoms with Gasteiger partial charge in [-0.1, -0.05) is 42.5 Å². The van der Waals surface area contributed by atoms with E-state index >= 15 is 0 Å². The number of carbonyl (C=O) groups is 2. The first-order valence-corrected chi connectivity index (χ1v) is 12.5. The third-order valence-corrected chi connectivity index (χ3v) is 7.99. The van der Waals surface area contributed by atoms with Crippen molar-refractivity contribution in [1.29, 1.82) is 0 Å². The zero-order valence-corrected chi connectivity index (χ0v) is 21.1. The van der Waals surface area contributed by atoms with Crippen molar-refractivity contribution in [2.75, 3.05) is 26.1 Å². The van der Waals surface area contributed by atoms with E-state index in [2.05, 4.69) is 16.4 Å². The van der Waals surface area contributed by atoms with Crippen molar-refractivity contribution in [3.05, 3.63) is 94.7 Å². The summed E-state index contributed by atoms with van der Waals surface area (Å²) in [5.74, 6) is 0.313. The molecule has 2 aliphatic rings. The number of rotatable bonds is 5. The van der Waals surface area contributed by atoms with Crippen LogP contribution in [0.3, 0.4) is 0 Å². The smallest absolute Gasteiger partial charge is 0.354 e. The summed E-state index contributed by atoms with van der Waals surface area (Å²) in [6, 6.07) is 21.9. The number of methoxy groups -OCH3 is 2. The van der Waals surface area contributed by atoms with Gasteiger partial charge in [-0.25, -0.2) is 4.79 Å². The Morgan fingerprint density at radius 3 is 2.62 bits per heavy atom. The maximum absolute atomic E-state index is 13.8. The molecule has 4 aromatic rings. The van der Waals surface area contributed by atoms with Crippen LogP contribution in [0.15, 0.2) is 66.7 Å². The highest BCUT2D eigenvalue weighted by Gasteiger charge is 2.58. The third kappa shape index (κ3) is 3.41. The van der Waals surface area contributed by atoms with Crippen molar-refractivity contribution in [2.45, 2.75) is 31.3 Å². The largest absolute Gasteiger partial charge is 0.497 e. The number of hydrogen-bond donors (Lipinski definition) is 2. The number of benzene rings is 3. The fourth-order valence-electron chi connectivity index (χ4n) is 6.21. The highest BCUT2D eigenvalue weighted by Crippen LogP contribution is 2.55. The van der Waals surface area contributed by atoms with Crippen LogP contribution in [0.2, 0.25) is 0 Å². The number of likely N-dealkylation sites (tertiary alicyclic amines) is 1. The SMILES string of the molecule is COC(=O)c1[nH]c2ccc(OC)cc2c1C12CCN(C(=O)Cc3ccccc3C)C1Nc1ccccc12. The molecule has 1 aromatic heterocycles. The molecule has 37 heavy (non-hydrogen) atoms. The third-order valence-electron chi connectivity index (χ3n) is 7.99. The van der Waals surface area contributed by atoms with Crippen molar-refractivity contribution in [1.82, 2.24) is 9.88 Å². The maximum atomic E-state index is 13.8. The number of nitrogens with zero attached hydrogens (tertiary/aromatic N) is 1. The fourth-order valence-corrected chi connectivity index (χ4v) is 6.21. The predicted molar refractivity (Wildman–Crippen MR) is 142 cm³/mol. The van der Waals surface area contributed by atoms with E-state index in [1.807, 2.05) is 72.5 Å². The van der Waals surface area contributed by atoms with Gasteiger partial charge in [-0.05, 0) is 54.3 Å². The van der Waals surface area contributed by atoms with Crippen molar-refractivity contribution >= 4 is 28.5 Å². The second kappa shape index (κ2) is 8.69. The zero-order chi connectivity index (χ0) is 25.7. The second-order valence-electron chi connectivity index (χ2n) is 9.78. The summed E-state index contributed by atoms with van der Waals surface area (Å²) in [4.78, 5) is 32.1. The standard InChI is InChI=1S/C30H29N3O4/c1-18-8-4-5-9-19(18)16-25(34)33-15-14-30(22-10-6-7-11-24(22)32-29(30)33)26-21-17-20(36-2)12-13-23(21)31-27(26)28(35)37-3/h4-13,17,29,31-32H,14-16H2,1-3H3. The van der Waals surface area contributed by atoms with Gasteiger partial charge in [0.25, 0.3) is 0 Å². The molecule has 0 radical (unpaired) electrons. The molecule has 6 rings (SSSR count). The first-order valence-electron chi connectivity index (χ1n) is 12.5. The maximum Gasteiger partial charge on any atom is 0.354 e. The zero-order valence-electron chi connectivity index (χ0n) is 21.1. The molecule has 0 aliphatic carbocycles. The Labute approximate surface area is 215 Å². The number of para-hydroxylation sites is 1. The molecule has 3 heterocycles. The van der Waals surface area contributed by atoms with Gasteiger partial charge in [0.2, 0.25) is 5.91 Å². The second-order valence-corrected chi connectivity index (χ2v) is 9.78. The lowest BCUT2D eigenvalue weighted by Crippen LogP contribution is -2.47. The van der Waals surface area contributed by atoms with E-state index < -0.39 is 11.4 Å². The summed E-state index contributed by atoms with van der Waals surface area (Å²) in [5.41, 5.74) is 5.57. The minimum atomic E-state index is -0.647. The highest BCUT2D eigenvalue weighted by molar-refractivity contribution is 6.01. The monoisotopic (exact) mass is 495 g/mol. The minimum Gasteiger partial charge on any atom is -0.497 e. The Bertz CT molecular complexity index is 1540. The number of aromatic amines is 1. The van der Waals surface area contributed by atoms with Crippen LogP contribution in [0.4, 0.5) is 5.69 Å². The molecule has 2 N–H and O–H groups in total. The van der Waals surface area contributed by atoms with Gasteiger partial charge in [0.15, 0.2) is 0 Å². The fraction of sp³-hybridized carbons (Fsp3) is 0.267. The first-order chi connectivity index (χ1) is 18.0. The number of esters is 1. The van der Waals surface area contributed by atoms with Crippen LogP contribution in [0.1, 0.15) is 39.2 Å². The van der Waals surface area contributed by atoms with Crippen molar-refractivity contribution in [3.8, 4) is 5.75 Å². The van der Waals surface area contributed by atoms with E-state index in [9.17, 15) is 9.59 Å². The van der Waals surface area contributed by atoms with Gasteiger partial charge in [-0.15, -0.1) is 0 Å². The molecule has 3 aromatic carbocycles. The summed E-state index contributed by atoms with van der Waals surface area (Å²) in [7, 11) is 3.02. The molecular weight excluding hydrogens is 466 g/mol. The van der Waals surface area contributed by atoms with Crippen LogP contribution in [-0.4, -0.2) is 48.7 Å². The van der Waals surface area contributed by atoms with Crippen molar-refractivity contribution in [3.63, 3.8) is 0 Å². The number of hydrogen-bond acceptors (Lipinski definition) is 5. The van der Waals surface area contributed by atoms with E-state index in [1.165, 1.54) is 7.11 Å². The molecular formula is C30H29N3O4. The lowest BCUT2D eigenvalue weighted by Gasteiger charge is -2.33. The van der Waals surface area contributed by atoms with Gasteiger partial charge in [0.1, 0.15) is 17.6 Å². The average molecular weight is 496 g/mol. The summed E-state index contributed by atoms with van der Waals surface area (Å²) >= 11 is 0. The molecule has 7 nitrogen and oxygen atoms in total. The Balaban J connectivity index is 1.54. The number of anilines is 1. The van der Waals surface area contributed by atoms with Gasteiger partial charge in [-0.2, -0.15) is 0 Å². The summed E-state index contributed by atoms with van der Waals surface area (Å²) in [6.07, 6.45) is 0.632. The van der Waals surface area contributed by atoms with E-state index in [4.69, 9.17) is 9.47 Å². The number of ether oxygens (including phenoxy) is 2. The van der Waals surface area contributed by atoms with Crippen LogP contribution in [0, 0.1) is 6.92 Å². The summed E-state index contributed by atoms with van der Waals surface area (Å²) in [5, 5.41) is 4.53. The van der Waals surface area contributed by atoms with Gasteiger partial charge >= 0.3 is 5.97 Å². The number of amides is 1. The van der Waals surface area contributed by atoms with Crippen LogP contribution in [0.25, 0.3) is 10.9 Å². The van der Waals surface area contributed by atoms with Crippen LogP contribution in [0.5, 0.6) is 5.75 Å². The number of H-pyrrole nitrogens is 1. The Morgan fingerprint density at radius 1 is 1.05 bits per heavy atom. The lowest BCUT2D eigenvalue weighted by atomic mass is 9.72. The Kier molecular flexibility index (Phi) is 5.44. The van der Waals surface area contributed by atoms with Gasteiger partial charge < -0.3 is 24.7 Å². The average Bonchev–Trinajstić information content (AvgIpc) is 3.57. The topological polar surface area (TPSA) is 83.7 Å². The normalized spacial score (nSPS) is 19.9. The van der Waals surface area contributed by atoms with Gasteiger partial charge in [0.05, 0.1) is 26.1 Å². The number of fused-ring (bicyclic) bond motifs is 4. The molecule has 0 bridgehead atoms. The molecule has 0 saturated carbocycles. The van der Waals surface area contributed by atoms with Crippen LogP contribution in [-0.2, 0) is 21.4 Å². The van der Waals surface area contributed by atoms with E-state index in [0.717, 1.165) is 38.8 Å². The number of aryl methyl sites for hydroxylation is 1. The number of carbonyl (C=O) groups excluding carboxylic acids is 2. The molecule has 1 amide bonds. The molecule has 7 heteroatoms. The van der Waals surface area contributed by atoms with Gasteiger partial charge in [0, 0.05) is 28.7 Å². The number of nitrogens with one attached hydrogen (secondary N) is 2. The predicted octanol–water partition coefficient (Wildman–Crippen LogP) is 4.78. The molecule has 2 unspecified atom stereocenters. The quantitative estimate of drug-likeness (QED) is 0.389.